The second-order valence-corrected chi connectivity index (χ2v) is 9.70. The van der Waals surface area contributed by atoms with Gasteiger partial charge in [0.1, 0.15) is 5.75 Å². The molecule has 168 valence electrons. The summed E-state index contributed by atoms with van der Waals surface area (Å²) in [6.07, 6.45) is 0.0898. The lowest BCUT2D eigenvalue weighted by Crippen LogP contribution is -2.23. The van der Waals surface area contributed by atoms with Gasteiger partial charge in [-0.1, -0.05) is 41.4 Å². The maximum Gasteiger partial charge on any atom is 0.261 e. The van der Waals surface area contributed by atoms with E-state index in [1.807, 2.05) is 45.0 Å². The second-order valence-electron chi connectivity index (χ2n) is 7.61. The number of carbonyl (C=O) groups excluding carboxylic acids is 1. The van der Waals surface area contributed by atoms with Crippen LogP contribution in [0, 0.1) is 6.92 Å². The Morgan fingerprint density at radius 3 is 2.25 bits per heavy atom. The number of halogens is 1. The van der Waals surface area contributed by atoms with Crippen LogP contribution in [0.3, 0.4) is 0 Å². The number of sulfonamides is 1. The van der Waals surface area contributed by atoms with E-state index in [0.717, 1.165) is 16.9 Å². The van der Waals surface area contributed by atoms with Crippen LogP contribution in [0.5, 0.6) is 5.75 Å². The molecule has 0 fully saturated rings. The van der Waals surface area contributed by atoms with Crippen molar-refractivity contribution in [3.63, 3.8) is 0 Å². The van der Waals surface area contributed by atoms with Gasteiger partial charge in [0.25, 0.3) is 15.9 Å². The summed E-state index contributed by atoms with van der Waals surface area (Å²) in [4.78, 5) is 12.7. The van der Waals surface area contributed by atoms with Gasteiger partial charge in [-0.2, -0.15) is 0 Å². The fourth-order valence-corrected chi connectivity index (χ4v) is 4.25. The molecular formula is C24H25ClN2O4S. The Bertz CT molecular complexity index is 1190. The summed E-state index contributed by atoms with van der Waals surface area (Å²) in [6, 6.07) is 18.4. The van der Waals surface area contributed by atoms with Crippen LogP contribution in [0.4, 0.5) is 5.69 Å². The minimum Gasteiger partial charge on any atom is -0.491 e. The van der Waals surface area contributed by atoms with Crippen molar-refractivity contribution in [1.29, 1.82) is 0 Å². The SMILES string of the molecule is Cc1ccc(S(=O)(=O)Nc2ccc(C(=O)NCc3ccc(OC(C)C)cc3)c(Cl)c2)cc1. The van der Waals surface area contributed by atoms with Crippen LogP contribution < -0.4 is 14.8 Å². The topological polar surface area (TPSA) is 84.5 Å². The molecule has 0 aliphatic rings. The van der Waals surface area contributed by atoms with Gasteiger partial charge in [0.2, 0.25) is 0 Å². The third-order valence-electron chi connectivity index (χ3n) is 4.55. The van der Waals surface area contributed by atoms with Crippen LogP contribution in [0.15, 0.2) is 71.6 Å². The highest BCUT2D eigenvalue weighted by molar-refractivity contribution is 7.92. The van der Waals surface area contributed by atoms with Crippen LogP contribution >= 0.6 is 11.6 Å². The highest BCUT2D eigenvalue weighted by Crippen LogP contribution is 2.24. The van der Waals surface area contributed by atoms with E-state index in [1.165, 1.54) is 30.3 Å². The van der Waals surface area contributed by atoms with Crippen molar-refractivity contribution < 1.29 is 17.9 Å². The summed E-state index contributed by atoms with van der Waals surface area (Å²) in [5, 5.41) is 2.96. The molecule has 0 bridgehead atoms. The first kappa shape index (κ1) is 23.6. The van der Waals surface area contributed by atoms with E-state index in [4.69, 9.17) is 16.3 Å². The van der Waals surface area contributed by atoms with Gasteiger partial charge >= 0.3 is 0 Å². The van der Waals surface area contributed by atoms with E-state index in [2.05, 4.69) is 10.0 Å². The van der Waals surface area contributed by atoms with E-state index >= 15 is 0 Å². The highest BCUT2D eigenvalue weighted by Gasteiger charge is 2.16. The predicted molar refractivity (Wildman–Crippen MR) is 127 cm³/mol. The third kappa shape index (κ3) is 6.24. The fourth-order valence-electron chi connectivity index (χ4n) is 2.93. The van der Waals surface area contributed by atoms with Crippen molar-refractivity contribution >= 4 is 33.2 Å². The molecule has 32 heavy (non-hydrogen) atoms. The van der Waals surface area contributed by atoms with Crippen LogP contribution in [0.1, 0.15) is 35.3 Å². The lowest BCUT2D eigenvalue weighted by atomic mass is 10.1. The molecule has 0 aliphatic heterocycles. The van der Waals surface area contributed by atoms with Gasteiger partial charge in [0.05, 0.1) is 27.3 Å². The standard InChI is InChI=1S/C24H25ClN2O4S/c1-16(2)31-20-9-6-18(7-10-20)15-26-24(28)22-13-8-19(14-23(22)25)27-32(29,30)21-11-4-17(3)5-12-21/h4-14,16,27H,15H2,1-3H3,(H,26,28). The van der Waals surface area contributed by atoms with Crippen LogP contribution in [-0.4, -0.2) is 20.4 Å². The third-order valence-corrected chi connectivity index (χ3v) is 6.26. The van der Waals surface area contributed by atoms with E-state index in [-0.39, 0.29) is 33.2 Å². The van der Waals surface area contributed by atoms with Crippen molar-refractivity contribution in [1.82, 2.24) is 5.32 Å². The Kier molecular flexibility index (Phi) is 7.43. The van der Waals surface area contributed by atoms with Crippen LogP contribution in [0.2, 0.25) is 5.02 Å². The lowest BCUT2D eigenvalue weighted by Gasteiger charge is -2.12. The largest absolute Gasteiger partial charge is 0.491 e. The number of amides is 1. The van der Waals surface area contributed by atoms with E-state index in [1.54, 1.807) is 12.1 Å². The predicted octanol–water partition coefficient (Wildman–Crippen LogP) is 5.17. The maximum atomic E-state index is 12.5. The Hall–Kier alpha value is -3.03. The molecule has 0 spiro atoms. The molecule has 0 radical (unpaired) electrons. The highest BCUT2D eigenvalue weighted by atomic mass is 35.5. The van der Waals surface area contributed by atoms with Crippen molar-refractivity contribution in [3.8, 4) is 5.75 Å². The number of ether oxygens (including phenoxy) is 1. The minimum atomic E-state index is -3.76. The summed E-state index contributed by atoms with van der Waals surface area (Å²) in [6.45, 7) is 6.11. The number of rotatable bonds is 8. The Morgan fingerprint density at radius 2 is 1.66 bits per heavy atom. The number of benzene rings is 3. The monoisotopic (exact) mass is 472 g/mol. The van der Waals surface area contributed by atoms with Gasteiger partial charge in [0.15, 0.2) is 0 Å². The molecule has 0 unspecified atom stereocenters. The van der Waals surface area contributed by atoms with E-state index in [0.29, 0.717) is 6.54 Å². The van der Waals surface area contributed by atoms with Gasteiger partial charge < -0.3 is 10.1 Å². The molecule has 0 atom stereocenters. The summed E-state index contributed by atoms with van der Waals surface area (Å²) in [5.74, 6) is 0.409. The van der Waals surface area contributed by atoms with Gasteiger partial charge in [-0.25, -0.2) is 8.42 Å². The van der Waals surface area contributed by atoms with Crippen molar-refractivity contribution in [3.05, 3.63) is 88.4 Å². The van der Waals surface area contributed by atoms with Gasteiger partial charge in [-0.05, 0) is 68.8 Å². The smallest absolute Gasteiger partial charge is 0.261 e. The molecule has 0 saturated carbocycles. The molecule has 3 rings (SSSR count). The van der Waals surface area contributed by atoms with E-state index < -0.39 is 10.0 Å². The molecule has 2 N–H and O–H groups in total. The molecule has 0 saturated heterocycles. The number of carbonyl (C=O) groups is 1. The van der Waals surface area contributed by atoms with Gasteiger partial charge in [-0.3, -0.25) is 9.52 Å². The first-order valence-corrected chi connectivity index (χ1v) is 11.9. The summed E-state index contributed by atoms with van der Waals surface area (Å²) < 4.78 is 33.2. The van der Waals surface area contributed by atoms with Gasteiger partial charge in [-0.15, -0.1) is 0 Å². The second kappa shape index (κ2) is 10.1. The minimum absolute atomic E-state index is 0.0898. The average Bonchev–Trinajstić information content (AvgIpc) is 2.73. The van der Waals surface area contributed by atoms with E-state index in [9.17, 15) is 13.2 Å². The molecule has 6 nitrogen and oxygen atoms in total. The quantitative estimate of drug-likeness (QED) is 0.474. The normalized spacial score (nSPS) is 11.3. The zero-order chi connectivity index (χ0) is 23.3. The summed E-state index contributed by atoms with van der Waals surface area (Å²) in [7, 11) is -3.76. The molecule has 8 heteroatoms. The molecular weight excluding hydrogens is 448 g/mol. The van der Waals surface area contributed by atoms with Gasteiger partial charge in [0, 0.05) is 6.54 Å². The Balaban J connectivity index is 1.64. The van der Waals surface area contributed by atoms with Crippen molar-refractivity contribution in [2.75, 3.05) is 4.72 Å². The van der Waals surface area contributed by atoms with Crippen molar-refractivity contribution in [2.45, 2.75) is 38.3 Å². The zero-order valence-electron chi connectivity index (χ0n) is 18.1. The number of anilines is 1. The summed E-state index contributed by atoms with van der Waals surface area (Å²) >= 11 is 6.26. The number of hydrogen-bond acceptors (Lipinski definition) is 4. The fraction of sp³-hybridized carbons (Fsp3) is 0.208. The Labute approximate surface area is 193 Å². The van der Waals surface area contributed by atoms with Crippen molar-refractivity contribution in [2.24, 2.45) is 0 Å². The van der Waals surface area contributed by atoms with Crippen LogP contribution in [0.25, 0.3) is 0 Å². The molecule has 0 aliphatic carbocycles. The zero-order valence-corrected chi connectivity index (χ0v) is 19.6. The molecule has 0 aromatic heterocycles. The number of aryl methyl sites for hydroxylation is 1. The first-order valence-electron chi connectivity index (χ1n) is 10.1. The first-order chi connectivity index (χ1) is 15.1. The molecule has 0 heterocycles. The maximum absolute atomic E-state index is 12.5. The van der Waals surface area contributed by atoms with Crippen LogP contribution in [-0.2, 0) is 16.6 Å². The Morgan fingerprint density at radius 1 is 1.00 bits per heavy atom. The number of hydrogen-bond donors (Lipinski definition) is 2. The molecule has 1 amide bonds. The summed E-state index contributed by atoms with van der Waals surface area (Å²) in [5.41, 5.74) is 2.40. The molecule has 3 aromatic rings. The molecule has 3 aromatic carbocycles. The average molecular weight is 473 g/mol. The number of nitrogens with one attached hydrogen (secondary N) is 2. The lowest BCUT2D eigenvalue weighted by molar-refractivity contribution is 0.0951.